The van der Waals surface area contributed by atoms with Gasteiger partial charge in [0.2, 0.25) is 5.91 Å². The topological polar surface area (TPSA) is 90.4 Å². The molecule has 0 spiro atoms. The van der Waals surface area contributed by atoms with Crippen LogP contribution in [0.3, 0.4) is 0 Å². The fourth-order valence-electron chi connectivity index (χ4n) is 3.47. The average Bonchev–Trinajstić information content (AvgIpc) is 3.43. The van der Waals surface area contributed by atoms with Gasteiger partial charge >= 0.3 is 0 Å². The lowest BCUT2D eigenvalue weighted by Crippen LogP contribution is -2.31. The molecule has 3 heterocycles. The Balaban J connectivity index is 1.35. The van der Waals surface area contributed by atoms with E-state index >= 15 is 0 Å². The fourth-order valence-corrected chi connectivity index (χ4v) is 4.28. The average molecular weight is 454 g/mol. The number of benzene rings is 2. The minimum Gasteiger partial charge on any atom is -0.361 e. The van der Waals surface area contributed by atoms with Gasteiger partial charge in [0.05, 0.1) is 11.4 Å². The van der Waals surface area contributed by atoms with Crippen molar-refractivity contribution >= 4 is 57.1 Å². The van der Waals surface area contributed by atoms with Gasteiger partial charge in [-0.2, -0.15) is 0 Å². The molecule has 0 bridgehead atoms. The van der Waals surface area contributed by atoms with Crippen LogP contribution in [-0.4, -0.2) is 32.7 Å². The maximum atomic E-state index is 13.2. The van der Waals surface area contributed by atoms with Gasteiger partial charge in [0, 0.05) is 29.8 Å². The van der Waals surface area contributed by atoms with Crippen LogP contribution >= 0.6 is 11.8 Å². The Morgan fingerprint density at radius 2 is 1.97 bits per heavy atom. The van der Waals surface area contributed by atoms with Crippen molar-refractivity contribution in [2.24, 2.45) is 4.99 Å². The lowest BCUT2D eigenvalue weighted by atomic mass is 10.2. The summed E-state index contributed by atoms with van der Waals surface area (Å²) in [4.78, 5) is 39.1. The number of aromatic amines is 1. The quantitative estimate of drug-likeness (QED) is 0.430. The number of rotatable bonds is 5. The van der Waals surface area contributed by atoms with Crippen molar-refractivity contribution in [3.05, 3.63) is 96.6 Å². The third-order valence-electron chi connectivity index (χ3n) is 5.00. The molecule has 2 aromatic heterocycles. The van der Waals surface area contributed by atoms with E-state index in [4.69, 9.17) is 0 Å². The van der Waals surface area contributed by atoms with Crippen molar-refractivity contribution in [3.8, 4) is 0 Å². The zero-order valence-corrected chi connectivity index (χ0v) is 18.3. The number of amides is 2. The van der Waals surface area contributed by atoms with Gasteiger partial charge < -0.3 is 10.3 Å². The van der Waals surface area contributed by atoms with Crippen LogP contribution in [0.5, 0.6) is 0 Å². The van der Waals surface area contributed by atoms with Crippen molar-refractivity contribution in [2.45, 2.75) is 0 Å². The van der Waals surface area contributed by atoms with Crippen molar-refractivity contribution < 1.29 is 9.59 Å². The zero-order valence-electron chi connectivity index (χ0n) is 17.4. The lowest BCUT2D eigenvalue weighted by Gasteiger charge is -2.17. The van der Waals surface area contributed by atoms with Crippen LogP contribution in [0.15, 0.2) is 96.0 Å². The molecule has 0 saturated carbocycles. The monoisotopic (exact) mass is 453 g/mol. The molecule has 2 aromatic carbocycles. The molecule has 0 saturated heterocycles. The van der Waals surface area contributed by atoms with E-state index in [1.807, 2.05) is 66.9 Å². The summed E-state index contributed by atoms with van der Waals surface area (Å²) in [6.07, 6.45) is 6.90. The molecule has 0 fully saturated rings. The van der Waals surface area contributed by atoms with Crippen molar-refractivity contribution in [1.82, 2.24) is 9.97 Å². The molecule has 1 aliphatic rings. The maximum Gasteiger partial charge on any atom is 0.283 e. The summed E-state index contributed by atoms with van der Waals surface area (Å²) >= 11 is 1.22. The van der Waals surface area contributed by atoms with E-state index in [0.717, 1.165) is 16.5 Å². The van der Waals surface area contributed by atoms with Gasteiger partial charge in [-0.15, -0.1) is 0 Å². The first-order valence-corrected chi connectivity index (χ1v) is 11.3. The number of nitrogens with one attached hydrogen (secondary N) is 2. The van der Waals surface area contributed by atoms with Crippen molar-refractivity contribution in [1.29, 1.82) is 0 Å². The number of amidine groups is 1. The molecule has 0 radical (unpaired) electrons. The van der Waals surface area contributed by atoms with E-state index in [0.29, 0.717) is 22.2 Å². The molecule has 4 aromatic rings. The van der Waals surface area contributed by atoms with Crippen LogP contribution in [0.1, 0.15) is 5.56 Å². The van der Waals surface area contributed by atoms with Crippen LogP contribution in [0.4, 0.5) is 11.4 Å². The second-order valence-corrected chi connectivity index (χ2v) is 8.25. The molecular weight excluding hydrogens is 434 g/mol. The normalized spacial score (nSPS) is 14.7. The SMILES string of the molecule is O=C(CSC1=N/C(=C\c2cccnc2)C(=O)N1c1ccccc1)Nc1ccc2cc[nH]c2c1. The number of pyridine rings is 1. The van der Waals surface area contributed by atoms with E-state index in [1.165, 1.54) is 16.7 Å². The molecule has 0 atom stereocenters. The molecule has 5 rings (SSSR count). The Labute approximate surface area is 194 Å². The molecule has 2 amide bonds. The summed E-state index contributed by atoms with van der Waals surface area (Å²) in [7, 11) is 0. The van der Waals surface area contributed by atoms with Gasteiger partial charge in [0.1, 0.15) is 5.70 Å². The van der Waals surface area contributed by atoms with Crippen LogP contribution in [0.25, 0.3) is 17.0 Å². The Kier molecular flexibility index (Phi) is 5.73. The summed E-state index contributed by atoms with van der Waals surface area (Å²) < 4.78 is 0. The highest BCUT2D eigenvalue weighted by Crippen LogP contribution is 2.29. The smallest absolute Gasteiger partial charge is 0.283 e. The number of hydrogen-bond acceptors (Lipinski definition) is 5. The second-order valence-electron chi connectivity index (χ2n) is 7.30. The first-order chi connectivity index (χ1) is 16.2. The number of aliphatic imine (C=N–C) groups is 1. The van der Waals surface area contributed by atoms with E-state index in [1.54, 1.807) is 24.5 Å². The number of carbonyl (C=O) groups is 2. The van der Waals surface area contributed by atoms with Crippen molar-refractivity contribution in [3.63, 3.8) is 0 Å². The van der Waals surface area contributed by atoms with Crippen LogP contribution < -0.4 is 10.2 Å². The summed E-state index contributed by atoms with van der Waals surface area (Å²) in [6.45, 7) is 0. The van der Waals surface area contributed by atoms with Crippen molar-refractivity contribution in [2.75, 3.05) is 16.0 Å². The number of fused-ring (bicyclic) bond motifs is 1. The number of para-hydroxylation sites is 1. The number of nitrogens with zero attached hydrogens (tertiary/aromatic N) is 3. The van der Waals surface area contributed by atoms with Gasteiger partial charge in [0.15, 0.2) is 5.17 Å². The number of aromatic nitrogens is 2. The number of H-pyrrole nitrogens is 1. The largest absolute Gasteiger partial charge is 0.361 e. The van der Waals surface area contributed by atoms with Crippen LogP contribution in [0.2, 0.25) is 0 Å². The molecule has 2 N–H and O–H groups in total. The molecule has 162 valence electrons. The van der Waals surface area contributed by atoms with Crippen LogP contribution in [-0.2, 0) is 9.59 Å². The third kappa shape index (κ3) is 4.56. The van der Waals surface area contributed by atoms with E-state index in [9.17, 15) is 9.59 Å². The highest BCUT2D eigenvalue weighted by atomic mass is 32.2. The standard InChI is InChI=1S/C25H19N5O2S/c31-23(28-19-9-8-18-10-12-27-21(18)14-19)16-33-25-29-22(13-17-5-4-11-26-15-17)24(32)30(25)20-6-2-1-3-7-20/h1-15,27H,16H2,(H,28,31)/b22-13-. The summed E-state index contributed by atoms with van der Waals surface area (Å²) in [6, 6.07) is 20.6. The Morgan fingerprint density at radius 1 is 1.09 bits per heavy atom. The molecule has 7 nitrogen and oxygen atoms in total. The summed E-state index contributed by atoms with van der Waals surface area (Å²) in [5, 5.41) is 4.44. The molecule has 1 aliphatic heterocycles. The van der Waals surface area contributed by atoms with Gasteiger partial charge in [-0.3, -0.25) is 19.5 Å². The van der Waals surface area contributed by atoms with Gasteiger partial charge in [-0.25, -0.2) is 4.99 Å². The van der Waals surface area contributed by atoms with E-state index < -0.39 is 0 Å². The number of thioether (sulfide) groups is 1. The third-order valence-corrected chi connectivity index (χ3v) is 5.94. The second kappa shape index (κ2) is 9.13. The first kappa shape index (κ1) is 20.7. The first-order valence-electron chi connectivity index (χ1n) is 10.3. The fraction of sp³-hybridized carbons (Fsp3) is 0.0400. The zero-order chi connectivity index (χ0) is 22.6. The summed E-state index contributed by atoms with van der Waals surface area (Å²) in [5.74, 6) is -0.317. The van der Waals surface area contributed by atoms with Crippen LogP contribution in [0, 0.1) is 0 Å². The Bertz CT molecular complexity index is 1380. The molecule has 0 unspecified atom stereocenters. The highest BCUT2D eigenvalue weighted by molar-refractivity contribution is 8.14. The van der Waals surface area contributed by atoms with Gasteiger partial charge in [-0.05, 0) is 53.4 Å². The number of carbonyl (C=O) groups excluding carboxylic acids is 2. The van der Waals surface area contributed by atoms with E-state index in [2.05, 4.69) is 20.3 Å². The minimum atomic E-state index is -0.245. The number of anilines is 2. The van der Waals surface area contributed by atoms with Gasteiger partial charge in [0.25, 0.3) is 5.91 Å². The minimum absolute atomic E-state index is 0.110. The predicted molar refractivity (Wildman–Crippen MR) is 133 cm³/mol. The molecule has 33 heavy (non-hydrogen) atoms. The molecular formula is C25H19N5O2S. The maximum absolute atomic E-state index is 13.2. The lowest BCUT2D eigenvalue weighted by molar-refractivity contribution is -0.114. The molecule has 0 aliphatic carbocycles. The Hall–Kier alpha value is -4.17. The number of hydrogen-bond donors (Lipinski definition) is 2. The van der Waals surface area contributed by atoms with Gasteiger partial charge in [-0.1, -0.05) is 42.1 Å². The highest BCUT2D eigenvalue weighted by Gasteiger charge is 2.32. The molecule has 8 heteroatoms. The van der Waals surface area contributed by atoms with E-state index in [-0.39, 0.29) is 17.6 Å². The predicted octanol–water partition coefficient (Wildman–Crippen LogP) is 4.68. The Morgan fingerprint density at radius 3 is 2.79 bits per heavy atom. The summed E-state index contributed by atoms with van der Waals surface area (Å²) in [5.41, 5.74) is 3.43.